The molecule has 2 aromatic rings. The summed E-state index contributed by atoms with van der Waals surface area (Å²) in [6.45, 7) is 0.651. The van der Waals surface area contributed by atoms with Gasteiger partial charge in [0.15, 0.2) is 13.2 Å². The van der Waals surface area contributed by atoms with E-state index in [0.717, 1.165) is 0 Å². The molecule has 9 nitrogen and oxygen atoms in total. The Hall–Kier alpha value is -3.07. The van der Waals surface area contributed by atoms with Crippen molar-refractivity contribution < 1.29 is 28.4 Å². The van der Waals surface area contributed by atoms with Crippen molar-refractivity contribution in [1.29, 1.82) is 0 Å². The molecule has 0 saturated carbocycles. The lowest BCUT2D eigenvalue weighted by Crippen LogP contribution is -2.43. The molecule has 0 unspecified atom stereocenters. The molecule has 1 aromatic heterocycles. The number of hydrazine groups is 1. The molecule has 2 rings (SSSR count). The number of carbonyl (C=O) groups excluding carboxylic acids is 3. The van der Waals surface area contributed by atoms with Gasteiger partial charge in [0.05, 0.1) is 0 Å². The standard InChI is InChI=1S/C15H14ClN3O6/c1-9-6-13(19-25-9)23-8-14(21)24-7-12(20)17-18-15(22)10-2-4-11(16)5-3-10/h2-6H,7-8H2,1H3,(H,17,20)(H,18,22). The number of aromatic nitrogens is 1. The van der Waals surface area contributed by atoms with Gasteiger partial charge in [0.1, 0.15) is 5.76 Å². The second-order valence-corrected chi connectivity index (χ2v) is 5.17. The van der Waals surface area contributed by atoms with E-state index in [1.807, 2.05) is 0 Å². The second-order valence-electron chi connectivity index (χ2n) is 4.73. The number of aryl methyl sites for hydroxylation is 1. The van der Waals surface area contributed by atoms with E-state index in [9.17, 15) is 14.4 Å². The number of hydrogen-bond acceptors (Lipinski definition) is 7. The molecule has 0 bridgehead atoms. The number of amides is 2. The molecule has 25 heavy (non-hydrogen) atoms. The first-order valence-electron chi connectivity index (χ1n) is 7.00. The molecule has 132 valence electrons. The van der Waals surface area contributed by atoms with Crippen LogP contribution < -0.4 is 15.6 Å². The third kappa shape index (κ3) is 6.15. The van der Waals surface area contributed by atoms with Crippen molar-refractivity contribution in [3.05, 3.63) is 46.7 Å². The molecule has 0 aliphatic rings. The minimum absolute atomic E-state index is 0.133. The maximum atomic E-state index is 11.7. The Labute approximate surface area is 147 Å². The minimum atomic E-state index is -0.778. The summed E-state index contributed by atoms with van der Waals surface area (Å²) in [5.74, 6) is -1.37. The van der Waals surface area contributed by atoms with Gasteiger partial charge >= 0.3 is 5.97 Å². The van der Waals surface area contributed by atoms with Gasteiger partial charge in [-0.15, -0.1) is 0 Å². The van der Waals surface area contributed by atoms with Crippen LogP contribution in [0.5, 0.6) is 5.88 Å². The molecule has 0 aliphatic carbocycles. The lowest BCUT2D eigenvalue weighted by atomic mass is 10.2. The first-order valence-corrected chi connectivity index (χ1v) is 7.38. The first kappa shape index (κ1) is 18.3. The maximum Gasteiger partial charge on any atom is 0.344 e. The van der Waals surface area contributed by atoms with Crippen LogP contribution >= 0.6 is 11.6 Å². The van der Waals surface area contributed by atoms with Gasteiger partial charge in [0, 0.05) is 16.7 Å². The highest BCUT2D eigenvalue weighted by atomic mass is 35.5. The predicted molar refractivity (Wildman–Crippen MR) is 84.8 cm³/mol. The minimum Gasteiger partial charge on any atom is -0.463 e. The summed E-state index contributed by atoms with van der Waals surface area (Å²) in [6, 6.07) is 7.55. The van der Waals surface area contributed by atoms with Crippen molar-refractivity contribution >= 4 is 29.4 Å². The number of hydrogen-bond donors (Lipinski definition) is 2. The number of nitrogens with zero attached hydrogens (tertiary/aromatic N) is 1. The smallest absolute Gasteiger partial charge is 0.344 e. The van der Waals surface area contributed by atoms with Crippen LogP contribution in [-0.4, -0.2) is 36.2 Å². The van der Waals surface area contributed by atoms with E-state index < -0.39 is 31.0 Å². The molecule has 0 radical (unpaired) electrons. The molecule has 2 N–H and O–H groups in total. The van der Waals surface area contributed by atoms with Crippen molar-refractivity contribution in [3.63, 3.8) is 0 Å². The van der Waals surface area contributed by atoms with Crippen LogP contribution in [0.15, 0.2) is 34.9 Å². The Morgan fingerprint density at radius 2 is 1.88 bits per heavy atom. The van der Waals surface area contributed by atoms with Gasteiger partial charge < -0.3 is 14.0 Å². The lowest BCUT2D eigenvalue weighted by Gasteiger charge is -2.08. The van der Waals surface area contributed by atoms with Crippen LogP contribution in [0.25, 0.3) is 0 Å². The average molecular weight is 368 g/mol. The Balaban J connectivity index is 1.65. The number of carbonyl (C=O) groups is 3. The summed E-state index contributed by atoms with van der Waals surface area (Å²) in [6.07, 6.45) is 0. The van der Waals surface area contributed by atoms with Crippen LogP contribution in [-0.2, 0) is 14.3 Å². The van der Waals surface area contributed by atoms with Crippen molar-refractivity contribution in [2.45, 2.75) is 6.92 Å². The summed E-state index contributed by atoms with van der Waals surface area (Å²) in [7, 11) is 0. The highest BCUT2D eigenvalue weighted by Crippen LogP contribution is 2.10. The monoisotopic (exact) mass is 367 g/mol. The van der Waals surface area contributed by atoms with E-state index in [1.165, 1.54) is 30.3 Å². The third-order valence-electron chi connectivity index (χ3n) is 2.73. The van der Waals surface area contributed by atoms with Crippen molar-refractivity contribution in [2.75, 3.05) is 13.2 Å². The normalized spacial score (nSPS) is 10.0. The predicted octanol–water partition coefficient (Wildman–Crippen LogP) is 1.02. The van der Waals surface area contributed by atoms with Crippen LogP contribution in [0, 0.1) is 6.92 Å². The fourth-order valence-corrected chi connectivity index (χ4v) is 1.69. The number of esters is 1. The molecule has 0 aliphatic heterocycles. The Morgan fingerprint density at radius 3 is 2.52 bits per heavy atom. The maximum absolute atomic E-state index is 11.7. The van der Waals surface area contributed by atoms with Gasteiger partial charge in [-0.1, -0.05) is 11.6 Å². The summed E-state index contributed by atoms with van der Waals surface area (Å²) in [5.41, 5.74) is 4.59. The van der Waals surface area contributed by atoms with E-state index >= 15 is 0 Å². The quantitative estimate of drug-likeness (QED) is 0.577. The number of rotatable bonds is 6. The number of halogens is 1. The highest BCUT2D eigenvalue weighted by Gasteiger charge is 2.11. The van der Waals surface area contributed by atoms with Crippen molar-refractivity contribution in [3.8, 4) is 5.88 Å². The molecule has 10 heteroatoms. The first-order chi connectivity index (χ1) is 11.9. The van der Waals surface area contributed by atoms with Crippen molar-refractivity contribution in [2.24, 2.45) is 0 Å². The Kier molecular flexibility index (Phi) is 6.35. The van der Waals surface area contributed by atoms with Crippen LogP contribution in [0.3, 0.4) is 0 Å². The summed E-state index contributed by atoms with van der Waals surface area (Å²) in [4.78, 5) is 34.7. The lowest BCUT2D eigenvalue weighted by molar-refractivity contribution is -0.150. The largest absolute Gasteiger partial charge is 0.463 e. The van der Waals surface area contributed by atoms with Gasteiger partial charge in [-0.2, -0.15) is 0 Å². The van der Waals surface area contributed by atoms with Crippen molar-refractivity contribution in [1.82, 2.24) is 16.0 Å². The van der Waals surface area contributed by atoms with Crippen LogP contribution in [0.1, 0.15) is 16.1 Å². The molecule has 0 spiro atoms. The van der Waals surface area contributed by atoms with Crippen LogP contribution in [0.2, 0.25) is 5.02 Å². The van der Waals surface area contributed by atoms with E-state index in [-0.39, 0.29) is 5.88 Å². The van der Waals surface area contributed by atoms with Gasteiger partial charge in [-0.05, 0) is 36.3 Å². The zero-order valence-electron chi connectivity index (χ0n) is 13.1. The molecular formula is C15H14ClN3O6. The van der Waals surface area contributed by atoms with E-state index in [4.69, 9.17) is 20.9 Å². The summed E-state index contributed by atoms with van der Waals surface area (Å²) in [5, 5.41) is 4.01. The SMILES string of the molecule is Cc1cc(OCC(=O)OCC(=O)NNC(=O)c2ccc(Cl)cc2)no1. The average Bonchev–Trinajstić information content (AvgIpc) is 3.02. The third-order valence-corrected chi connectivity index (χ3v) is 2.98. The Morgan fingerprint density at radius 1 is 1.16 bits per heavy atom. The molecule has 2 amide bonds. The fraction of sp³-hybridized carbons (Fsp3) is 0.200. The zero-order chi connectivity index (χ0) is 18.2. The highest BCUT2D eigenvalue weighted by molar-refractivity contribution is 6.30. The molecule has 1 heterocycles. The number of ether oxygens (including phenoxy) is 2. The second kappa shape index (κ2) is 8.69. The fourth-order valence-electron chi connectivity index (χ4n) is 1.57. The van der Waals surface area contributed by atoms with Crippen LogP contribution in [0.4, 0.5) is 0 Å². The summed E-state index contributed by atoms with van der Waals surface area (Å²) < 4.78 is 14.4. The molecule has 1 aromatic carbocycles. The summed E-state index contributed by atoms with van der Waals surface area (Å²) >= 11 is 5.71. The number of benzene rings is 1. The van der Waals surface area contributed by atoms with Gasteiger partial charge in [0.25, 0.3) is 17.7 Å². The molecule has 0 saturated heterocycles. The van der Waals surface area contributed by atoms with E-state index in [0.29, 0.717) is 16.3 Å². The van der Waals surface area contributed by atoms with Gasteiger partial charge in [-0.25, -0.2) is 4.79 Å². The zero-order valence-corrected chi connectivity index (χ0v) is 13.8. The van der Waals surface area contributed by atoms with E-state index in [1.54, 1.807) is 6.92 Å². The Bertz CT molecular complexity index is 759. The van der Waals surface area contributed by atoms with Gasteiger partial charge in [0.2, 0.25) is 0 Å². The molecular weight excluding hydrogens is 354 g/mol. The van der Waals surface area contributed by atoms with E-state index in [2.05, 4.69) is 20.7 Å². The van der Waals surface area contributed by atoms with Gasteiger partial charge in [-0.3, -0.25) is 20.4 Å². The molecule has 0 atom stereocenters. The number of nitrogens with one attached hydrogen (secondary N) is 2. The topological polar surface area (TPSA) is 120 Å². The molecule has 0 fully saturated rings.